The van der Waals surface area contributed by atoms with Crippen molar-refractivity contribution < 1.29 is 9.18 Å². The van der Waals surface area contributed by atoms with E-state index in [4.69, 9.17) is 5.73 Å². The number of nitrogens with two attached hydrogens (primary N) is 1. The van der Waals surface area contributed by atoms with Gasteiger partial charge in [0, 0.05) is 17.1 Å². The normalized spacial score (nSPS) is 12.3. The van der Waals surface area contributed by atoms with E-state index in [9.17, 15) is 9.18 Å². The third-order valence-corrected chi connectivity index (χ3v) is 2.40. The number of amides is 1. The largest absolute Gasteiger partial charge is 0.348 e. The standard InChI is InChI=1S/C10H12BrFN2O/c1-6(5-13)14-10(15)8-3-2-7(11)4-9(8)12/h2-4,6H,5,13H2,1H3,(H,14,15). The first-order valence-electron chi connectivity index (χ1n) is 4.50. The van der Waals surface area contributed by atoms with Gasteiger partial charge in [0.15, 0.2) is 0 Å². The first kappa shape index (κ1) is 12.1. The summed E-state index contributed by atoms with van der Waals surface area (Å²) in [5, 5.41) is 2.59. The summed E-state index contributed by atoms with van der Waals surface area (Å²) >= 11 is 3.12. The third kappa shape index (κ3) is 3.28. The summed E-state index contributed by atoms with van der Waals surface area (Å²) in [4.78, 5) is 11.5. The molecule has 1 atom stereocenters. The van der Waals surface area contributed by atoms with Gasteiger partial charge in [-0.2, -0.15) is 0 Å². The molecule has 3 N–H and O–H groups in total. The van der Waals surface area contributed by atoms with Crippen LogP contribution < -0.4 is 11.1 Å². The van der Waals surface area contributed by atoms with E-state index in [0.717, 1.165) is 0 Å². The zero-order valence-corrected chi connectivity index (χ0v) is 9.84. The highest BCUT2D eigenvalue weighted by Crippen LogP contribution is 2.15. The van der Waals surface area contributed by atoms with Crippen LogP contribution in [0.2, 0.25) is 0 Å². The molecule has 1 aromatic rings. The minimum Gasteiger partial charge on any atom is -0.348 e. The maximum Gasteiger partial charge on any atom is 0.254 e. The molecule has 0 radical (unpaired) electrons. The summed E-state index contributed by atoms with van der Waals surface area (Å²) in [6, 6.07) is 4.13. The molecular weight excluding hydrogens is 263 g/mol. The Balaban J connectivity index is 2.82. The fourth-order valence-corrected chi connectivity index (χ4v) is 1.37. The van der Waals surface area contributed by atoms with Gasteiger partial charge in [-0.3, -0.25) is 4.79 Å². The first-order chi connectivity index (χ1) is 7.04. The van der Waals surface area contributed by atoms with Crippen molar-refractivity contribution in [1.29, 1.82) is 0 Å². The highest BCUT2D eigenvalue weighted by Gasteiger charge is 2.13. The lowest BCUT2D eigenvalue weighted by atomic mass is 10.2. The average Bonchev–Trinajstić information content (AvgIpc) is 2.17. The van der Waals surface area contributed by atoms with Crippen molar-refractivity contribution in [3.63, 3.8) is 0 Å². The highest BCUT2D eigenvalue weighted by molar-refractivity contribution is 9.10. The van der Waals surface area contributed by atoms with E-state index in [-0.39, 0.29) is 11.6 Å². The van der Waals surface area contributed by atoms with E-state index in [2.05, 4.69) is 21.2 Å². The van der Waals surface area contributed by atoms with Crippen LogP contribution in [0.15, 0.2) is 22.7 Å². The zero-order chi connectivity index (χ0) is 11.4. The van der Waals surface area contributed by atoms with Crippen LogP contribution in [0.4, 0.5) is 4.39 Å². The molecule has 0 fully saturated rings. The lowest BCUT2D eigenvalue weighted by Crippen LogP contribution is -2.38. The van der Waals surface area contributed by atoms with Gasteiger partial charge in [0.05, 0.1) is 5.56 Å². The molecule has 5 heteroatoms. The summed E-state index contributed by atoms with van der Waals surface area (Å²) in [6.45, 7) is 2.08. The Morgan fingerprint density at radius 2 is 2.33 bits per heavy atom. The molecule has 0 aliphatic heterocycles. The Kier molecular flexibility index (Phi) is 4.23. The van der Waals surface area contributed by atoms with Gasteiger partial charge in [0.25, 0.3) is 5.91 Å². The second kappa shape index (κ2) is 5.23. The number of hydrogen-bond acceptors (Lipinski definition) is 2. The molecule has 1 aromatic carbocycles. The second-order valence-electron chi connectivity index (χ2n) is 3.23. The molecule has 0 saturated carbocycles. The number of hydrogen-bond donors (Lipinski definition) is 2. The monoisotopic (exact) mass is 274 g/mol. The van der Waals surface area contributed by atoms with Crippen LogP contribution in [-0.2, 0) is 0 Å². The molecule has 0 aliphatic carbocycles. The van der Waals surface area contributed by atoms with Gasteiger partial charge in [-0.15, -0.1) is 0 Å². The second-order valence-corrected chi connectivity index (χ2v) is 4.15. The molecule has 82 valence electrons. The number of halogens is 2. The van der Waals surface area contributed by atoms with Crippen LogP contribution in [0.3, 0.4) is 0 Å². The highest BCUT2D eigenvalue weighted by atomic mass is 79.9. The van der Waals surface area contributed by atoms with Crippen molar-refractivity contribution in [3.05, 3.63) is 34.1 Å². The van der Waals surface area contributed by atoms with Crippen LogP contribution in [0, 0.1) is 5.82 Å². The lowest BCUT2D eigenvalue weighted by Gasteiger charge is -2.11. The summed E-state index contributed by atoms with van der Waals surface area (Å²) in [5.74, 6) is -0.996. The first-order valence-corrected chi connectivity index (χ1v) is 5.30. The minimum atomic E-state index is -0.550. The van der Waals surface area contributed by atoms with Crippen molar-refractivity contribution in [2.75, 3.05) is 6.54 Å². The van der Waals surface area contributed by atoms with Crippen LogP contribution >= 0.6 is 15.9 Å². The molecule has 3 nitrogen and oxygen atoms in total. The Labute approximate surface area is 96.0 Å². The maximum atomic E-state index is 13.3. The molecule has 1 amide bonds. The SMILES string of the molecule is CC(CN)NC(=O)c1ccc(Br)cc1F. The van der Waals surface area contributed by atoms with E-state index in [0.29, 0.717) is 11.0 Å². The van der Waals surface area contributed by atoms with E-state index >= 15 is 0 Å². The van der Waals surface area contributed by atoms with Gasteiger partial charge in [-0.25, -0.2) is 4.39 Å². The van der Waals surface area contributed by atoms with Crippen LogP contribution in [0.5, 0.6) is 0 Å². The van der Waals surface area contributed by atoms with E-state index in [1.807, 2.05) is 0 Å². The Bertz CT molecular complexity index is 370. The third-order valence-electron chi connectivity index (χ3n) is 1.91. The zero-order valence-electron chi connectivity index (χ0n) is 8.26. The van der Waals surface area contributed by atoms with Crippen molar-refractivity contribution in [2.24, 2.45) is 5.73 Å². The van der Waals surface area contributed by atoms with Crippen molar-refractivity contribution in [3.8, 4) is 0 Å². The smallest absolute Gasteiger partial charge is 0.254 e. The number of carbonyl (C=O) groups excluding carboxylic acids is 1. The van der Waals surface area contributed by atoms with Crippen LogP contribution in [-0.4, -0.2) is 18.5 Å². The summed E-state index contributed by atoms with van der Waals surface area (Å²) in [5.41, 5.74) is 5.37. The Morgan fingerprint density at radius 1 is 1.67 bits per heavy atom. The van der Waals surface area contributed by atoms with Crippen molar-refractivity contribution >= 4 is 21.8 Å². The molecule has 0 bridgehead atoms. The fourth-order valence-electron chi connectivity index (χ4n) is 1.03. The molecule has 0 aliphatic rings. The van der Waals surface area contributed by atoms with Crippen LogP contribution in [0.25, 0.3) is 0 Å². The molecule has 0 heterocycles. The summed E-state index contributed by atoms with van der Waals surface area (Å²) in [7, 11) is 0. The number of carbonyl (C=O) groups is 1. The van der Waals surface area contributed by atoms with Crippen LogP contribution in [0.1, 0.15) is 17.3 Å². The molecule has 15 heavy (non-hydrogen) atoms. The Hall–Kier alpha value is -0.940. The van der Waals surface area contributed by atoms with Crippen molar-refractivity contribution in [1.82, 2.24) is 5.32 Å². The van der Waals surface area contributed by atoms with Gasteiger partial charge >= 0.3 is 0 Å². The minimum absolute atomic E-state index is 0.0264. The van der Waals surface area contributed by atoms with E-state index < -0.39 is 11.7 Å². The maximum absolute atomic E-state index is 13.3. The summed E-state index contributed by atoms with van der Waals surface area (Å²) < 4.78 is 13.9. The molecule has 1 unspecified atom stereocenters. The van der Waals surface area contributed by atoms with Gasteiger partial charge in [-0.05, 0) is 25.1 Å². The quantitative estimate of drug-likeness (QED) is 0.881. The molecule has 0 aromatic heterocycles. The fraction of sp³-hybridized carbons (Fsp3) is 0.300. The summed E-state index contributed by atoms with van der Waals surface area (Å²) in [6.07, 6.45) is 0. The van der Waals surface area contributed by atoms with Gasteiger partial charge in [-0.1, -0.05) is 15.9 Å². The van der Waals surface area contributed by atoms with Gasteiger partial charge < -0.3 is 11.1 Å². The molecule has 0 spiro atoms. The number of nitrogens with one attached hydrogen (secondary N) is 1. The van der Waals surface area contributed by atoms with Crippen molar-refractivity contribution in [2.45, 2.75) is 13.0 Å². The van der Waals surface area contributed by atoms with Gasteiger partial charge in [0.1, 0.15) is 5.82 Å². The average molecular weight is 275 g/mol. The lowest BCUT2D eigenvalue weighted by molar-refractivity contribution is 0.0937. The molecule has 0 saturated heterocycles. The topological polar surface area (TPSA) is 55.1 Å². The number of rotatable bonds is 3. The van der Waals surface area contributed by atoms with Gasteiger partial charge in [0.2, 0.25) is 0 Å². The predicted octanol–water partition coefficient (Wildman–Crippen LogP) is 1.67. The predicted molar refractivity (Wildman–Crippen MR) is 60.1 cm³/mol. The van der Waals surface area contributed by atoms with E-state index in [1.165, 1.54) is 12.1 Å². The Morgan fingerprint density at radius 3 is 2.87 bits per heavy atom. The molecular formula is C10H12BrFN2O. The molecule has 1 rings (SSSR count). The van der Waals surface area contributed by atoms with E-state index in [1.54, 1.807) is 13.0 Å². The number of benzene rings is 1.